The van der Waals surface area contributed by atoms with Crippen molar-refractivity contribution in [1.82, 2.24) is 34.7 Å². The van der Waals surface area contributed by atoms with Crippen molar-refractivity contribution >= 4 is 0 Å². The van der Waals surface area contributed by atoms with Gasteiger partial charge < -0.3 is 0 Å². The fourth-order valence-corrected chi connectivity index (χ4v) is 4.55. The maximum absolute atomic E-state index is 13.6. The van der Waals surface area contributed by atoms with Gasteiger partial charge in [-0.2, -0.15) is 0 Å². The monoisotopic (exact) mass is 479 g/mol. The second kappa shape index (κ2) is 10.5. The average Bonchev–Trinajstić information content (AvgIpc) is 3.57. The maximum atomic E-state index is 13.6. The van der Waals surface area contributed by atoms with Gasteiger partial charge in [-0.3, -0.25) is 14.1 Å². The molecule has 1 N–H and O–H groups in total. The van der Waals surface area contributed by atoms with Crippen LogP contribution in [-0.2, 0) is 19.4 Å². The third-order valence-corrected chi connectivity index (χ3v) is 6.51. The topological polar surface area (TPSA) is 94.3 Å². The van der Waals surface area contributed by atoms with Crippen molar-refractivity contribution in [3.05, 3.63) is 100 Å². The Hall–Kier alpha value is -4.33. The Kier molecular flexibility index (Phi) is 6.84. The number of H-pyrrole nitrogens is 1. The molecule has 0 radical (unpaired) electrons. The first-order valence-electron chi connectivity index (χ1n) is 12.4. The highest BCUT2D eigenvalue weighted by Crippen LogP contribution is 2.29. The van der Waals surface area contributed by atoms with E-state index in [2.05, 4.69) is 69.8 Å². The third kappa shape index (κ3) is 4.62. The first-order valence-corrected chi connectivity index (χ1v) is 12.4. The Balaban J connectivity index is 1.48. The molecular formula is C28H29N7O. The van der Waals surface area contributed by atoms with E-state index in [1.807, 2.05) is 45.8 Å². The van der Waals surface area contributed by atoms with Crippen LogP contribution in [-0.4, -0.2) is 34.7 Å². The van der Waals surface area contributed by atoms with Gasteiger partial charge in [-0.05, 0) is 58.5 Å². The van der Waals surface area contributed by atoms with Crippen molar-refractivity contribution in [2.45, 2.75) is 46.1 Å². The molecule has 5 rings (SSSR count). The minimum atomic E-state index is -0.00144. The molecular weight excluding hydrogens is 450 g/mol. The number of nitrogens with one attached hydrogen (secondary N) is 1. The summed E-state index contributed by atoms with van der Waals surface area (Å²) < 4.78 is 3.72. The van der Waals surface area contributed by atoms with Crippen LogP contribution in [0.2, 0.25) is 0 Å². The van der Waals surface area contributed by atoms with Gasteiger partial charge in [0.25, 0.3) is 0 Å². The van der Waals surface area contributed by atoms with E-state index in [4.69, 9.17) is 0 Å². The van der Waals surface area contributed by atoms with Crippen LogP contribution in [0.5, 0.6) is 0 Å². The molecule has 0 fully saturated rings. The smallest absolute Gasteiger partial charge is 0.292 e. The molecule has 0 saturated heterocycles. The standard InChI is InChI=1S/C28H29N7O/c1-3-5-9-23-19-35(26-10-7-6-8-21(26)4-2)28(36)34(23)18-20-11-13-22(14-12-20)25-17-29-16-15-24(25)27-30-32-33-31-27/h6-8,10-17,19H,3-5,9,18H2,1-2H3,(H,30,31,32,33). The molecule has 0 aliphatic rings. The van der Waals surface area contributed by atoms with Crippen LogP contribution in [0.3, 0.4) is 0 Å². The van der Waals surface area contributed by atoms with Crippen LogP contribution in [0.25, 0.3) is 28.2 Å². The van der Waals surface area contributed by atoms with Crippen molar-refractivity contribution in [3.8, 4) is 28.2 Å². The summed E-state index contributed by atoms with van der Waals surface area (Å²) in [6.07, 6.45) is 9.42. The summed E-state index contributed by atoms with van der Waals surface area (Å²) in [5.41, 5.74) is 7.07. The van der Waals surface area contributed by atoms with E-state index in [9.17, 15) is 4.79 Å². The molecule has 182 valence electrons. The molecule has 0 amide bonds. The number of aromatic amines is 1. The lowest BCUT2D eigenvalue weighted by atomic mass is 10.0. The highest BCUT2D eigenvalue weighted by Gasteiger charge is 2.15. The number of para-hydroxylation sites is 1. The van der Waals surface area contributed by atoms with Crippen molar-refractivity contribution in [2.75, 3.05) is 0 Å². The molecule has 0 atom stereocenters. The molecule has 2 aromatic carbocycles. The van der Waals surface area contributed by atoms with E-state index in [1.165, 1.54) is 0 Å². The molecule has 0 aliphatic carbocycles. The number of hydrogen-bond acceptors (Lipinski definition) is 5. The molecule has 3 aromatic heterocycles. The van der Waals surface area contributed by atoms with Crippen molar-refractivity contribution < 1.29 is 0 Å². The van der Waals surface area contributed by atoms with Gasteiger partial charge in [0.05, 0.1) is 12.2 Å². The summed E-state index contributed by atoms with van der Waals surface area (Å²) in [6, 6.07) is 18.3. The van der Waals surface area contributed by atoms with Crippen LogP contribution in [0.4, 0.5) is 0 Å². The number of unbranched alkanes of at least 4 members (excludes halogenated alkanes) is 1. The van der Waals surface area contributed by atoms with Crippen LogP contribution in [0.1, 0.15) is 43.5 Å². The molecule has 8 heteroatoms. The van der Waals surface area contributed by atoms with Crippen LogP contribution < -0.4 is 5.69 Å². The summed E-state index contributed by atoms with van der Waals surface area (Å²) in [4.78, 5) is 17.9. The first-order chi connectivity index (χ1) is 17.7. The number of imidazole rings is 1. The SMILES string of the molecule is CCCCc1cn(-c2ccccc2CC)c(=O)n1Cc1ccc(-c2cnccc2-c2nnn[nH]2)cc1. The van der Waals surface area contributed by atoms with Gasteiger partial charge in [-0.1, -0.05) is 62.7 Å². The Morgan fingerprint density at radius 1 is 0.972 bits per heavy atom. The van der Waals surface area contributed by atoms with Crippen molar-refractivity contribution in [3.63, 3.8) is 0 Å². The molecule has 0 unspecified atom stereocenters. The van der Waals surface area contributed by atoms with Gasteiger partial charge in [0.1, 0.15) is 0 Å². The van der Waals surface area contributed by atoms with Crippen LogP contribution in [0.15, 0.2) is 78.0 Å². The highest BCUT2D eigenvalue weighted by atomic mass is 16.1. The summed E-state index contributed by atoms with van der Waals surface area (Å²) >= 11 is 0. The Morgan fingerprint density at radius 2 is 1.81 bits per heavy atom. The summed E-state index contributed by atoms with van der Waals surface area (Å²) in [5.74, 6) is 0.595. The van der Waals surface area contributed by atoms with Gasteiger partial charge in [0.15, 0.2) is 5.82 Å². The Bertz CT molecular complexity index is 1500. The number of rotatable bonds is 9. The zero-order valence-electron chi connectivity index (χ0n) is 20.6. The predicted octanol–water partition coefficient (Wildman–Crippen LogP) is 4.83. The van der Waals surface area contributed by atoms with E-state index >= 15 is 0 Å². The zero-order valence-corrected chi connectivity index (χ0v) is 20.6. The molecule has 3 heterocycles. The second-order valence-electron chi connectivity index (χ2n) is 8.81. The first kappa shape index (κ1) is 23.4. The number of benzene rings is 2. The van der Waals surface area contributed by atoms with E-state index in [1.54, 1.807) is 6.20 Å². The number of nitrogens with zero attached hydrogens (tertiary/aromatic N) is 6. The predicted molar refractivity (Wildman–Crippen MR) is 140 cm³/mol. The van der Waals surface area contributed by atoms with Gasteiger partial charge in [0, 0.05) is 35.4 Å². The summed E-state index contributed by atoms with van der Waals surface area (Å²) in [6.45, 7) is 4.81. The molecule has 0 bridgehead atoms. The van der Waals surface area contributed by atoms with Crippen LogP contribution in [0, 0.1) is 0 Å². The number of tetrazole rings is 1. The lowest BCUT2D eigenvalue weighted by Gasteiger charge is -2.10. The minimum Gasteiger partial charge on any atom is -0.292 e. The second-order valence-corrected chi connectivity index (χ2v) is 8.81. The van der Waals surface area contributed by atoms with Gasteiger partial charge in [-0.15, -0.1) is 5.10 Å². The number of hydrogen-bond donors (Lipinski definition) is 1. The molecule has 5 aromatic rings. The van der Waals surface area contributed by atoms with E-state index in [0.29, 0.717) is 12.4 Å². The van der Waals surface area contributed by atoms with E-state index in [-0.39, 0.29) is 5.69 Å². The normalized spacial score (nSPS) is 11.2. The largest absolute Gasteiger partial charge is 0.333 e. The Labute approximate surface area is 209 Å². The zero-order chi connectivity index (χ0) is 24.9. The third-order valence-electron chi connectivity index (χ3n) is 6.51. The van der Waals surface area contributed by atoms with Gasteiger partial charge in [-0.25, -0.2) is 9.89 Å². The van der Waals surface area contributed by atoms with Gasteiger partial charge in [0.2, 0.25) is 0 Å². The van der Waals surface area contributed by atoms with Crippen molar-refractivity contribution in [1.29, 1.82) is 0 Å². The fourth-order valence-electron chi connectivity index (χ4n) is 4.55. The number of pyridine rings is 1. The molecule has 36 heavy (non-hydrogen) atoms. The number of aryl methyl sites for hydroxylation is 2. The molecule has 8 nitrogen and oxygen atoms in total. The average molecular weight is 480 g/mol. The van der Waals surface area contributed by atoms with Gasteiger partial charge >= 0.3 is 5.69 Å². The quantitative estimate of drug-likeness (QED) is 0.327. The van der Waals surface area contributed by atoms with E-state index < -0.39 is 0 Å². The lowest BCUT2D eigenvalue weighted by Crippen LogP contribution is -2.25. The highest BCUT2D eigenvalue weighted by molar-refractivity contribution is 5.79. The maximum Gasteiger partial charge on any atom is 0.333 e. The van der Waals surface area contributed by atoms with Crippen LogP contribution >= 0.6 is 0 Å². The fraction of sp³-hybridized carbons (Fsp3) is 0.250. The summed E-state index contributed by atoms with van der Waals surface area (Å²) in [7, 11) is 0. The summed E-state index contributed by atoms with van der Waals surface area (Å²) in [5, 5.41) is 14.2. The molecule has 0 saturated carbocycles. The minimum absolute atomic E-state index is 0.00144. The molecule has 0 aliphatic heterocycles. The Morgan fingerprint density at radius 3 is 2.56 bits per heavy atom. The lowest BCUT2D eigenvalue weighted by molar-refractivity contribution is 0.673. The molecule has 0 spiro atoms. The number of aromatic nitrogens is 7. The van der Waals surface area contributed by atoms with Crippen molar-refractivity contribution in [2.24, 2.45) is 0 Å². The van der Waals surface area contributed by atoms with E-state index in [0.717, 1.165) is 64.9 Å².